The molecule has 0 bridgehead atoms. The molecule has 0 aromatic heterocycles. The first-order valence-electron chi connectivity index (χ1n) is 6.28. The average Bonchev–Trinajstić information content (AvgIpc) is 2.41. The molecule has 1 aliphatic rings. The van der Waals surface area contributed by atoms with Crippen LogP contribution in [-0.4, -0.2) is 12.3 Å². The van der Waals surface area contributed by atoms with Crippen LogP contribution in [0, 0.1) is 23.5 Å². The van der Waals surface area contributed by atoms with Crippen molar-refractivity contribution in [1.82, 2.24) is 0 Å². The molecule has 0 saturated carbocycles. The molecule has 0 saturated heterocycles. The molecule has 118 valence electrons. The fraction of sp³-hybridized carbons (Fsp3) is 0.357. The zero-order chi connectivity index (χ0) is 16.5. The standard InChI is InChI=1S/C14H10F5NO2/c1-2-3-4-7-13(14(17,18)19)10-8(15)5-6-9(16)11(10)20-12(21)22-13/h5-6H,2-3H2,1H3,(H,20,21). The Kier molecular flexibility index (Phi) is 4.00. The summed E-state index contributed by atoms with van der Waals surface area (Å²) in [6.45, 7) is 1.68. The first-order chi connectivity index (χ1) is 10.2. The molecule has 1 heterocycles. The summed E-state index contributed by atoms with van der Waals surface area (Å²) in [5, 5.41) is 1.74. The predicted octanol–water partition coefficient (Wildman–Crippen LogP) is 4.09. The summed E-state index contributed by atoms with van der Waals surface area (Å²) in [5.41, 5.74) is -5.63. The molecule has 2 rings (SSSR count). The third kappa shape index (κ3) is 2.47. The largest absolute Gasteiger partial charge is 0.445 e. The van der Waals surface area contributed by atoms with E-state index in [2.05, 4.69) is 10.7 Å². The second-order valence-electron chi connectivity index (χ2n) is 4.52. The zero-order valence-electron chi connectivity index (χ0n) is 11.3. The maximum atomic E-state index is 13.9. The van der Waals surface area contributed by atoms with Gasteiger partial charge in [-0.3, -0.25) is 5.32 Å². The van der Waals surface area contributed by atoms with Gasteiger partial charge < -0.3 is 4.74 Å². The lowest BCUT2D eigenvalue weighted by molar-refractivity contribution is -0.240. The minimum absolute atomic E-state index is 0.0784. The van der Waals surface area contributed by atoms with Crippen LogP contribution in [-0.2, 0) is 10.3 Å². The van der Waals surface area contributed by atoms with Gasteiger partial charge in [-0.1, -0.05) is 12.8 Å². The molecule has 3 nitrogen and oxygen atoms in total. The van der Waals surface area contributed by atoms with E-state index in [1.165, 1.54) is 0 Å². The van der Waals surface area contributed by atoms with Crippen LogP contribution in [0.2, 0.25) is 0 Å². The highest BCUT2D eigenvalue weighted by molar-refractivity contribution is 5.90. The molecule has 1 aromatic carbocycles. The first-order valence-corrected chi connectivity index (χ1v) is 6.28. The lowest BCUT2D eigenvalue weighted by Crippen LogP contribution is -2.50. The second-order valence-corrected chi connectivity index (χ2v) is 4.52. The molecule has 1 atom stereocenters. The molecule has 1 N–H and O–H groups in total. The average molecular weight is 319 g/mol. The molecule has 0 fully saturated rings. The number of rotatable bonds is 1. The number of nitrogens with one attached hydrogen (secondary N) is 1. The Morgan fingerprint density at radius 2 is 1.91 bits per heavy atom. The van der Waals surface area contributed by atoms with Crippen LogP contribution < -0.4 is 5.32 Å². The first kappa shape index (κ1) is 16.1. The number of benzene rings is 1. The molecular formula is C14H10F5NO2. The van der Waals surface area contributed by atoms with Crippen molar-refractivity contribution in [2.45, 2.75) is 31.5 Å². The summed E-state index contributed by atoms with van der Waals surface area (Å²) in [4.78, 5) is 11.4. The number of amides is 1. The van der Waals surface area contributed by atoms with Gasteiger partial charge in [0, 0.05) is 6.42 Å². The van der Waals surface area contributed by atoms with E-state index < -0.39 is 40.8 Å². The molecule has 1 aliphatic heterocycles. The van der Waals surface area contributed by atoms with Gasteiger partial charge in [0.25, 0.3) is 5.60 Å². The Bertz CT molecular complexity index is 674. The quantitative estimate of drug-likeness (QED) is 0.625. The van der Waals surface area contributed by atoms with E-state index in [0.29, 0.717) is 18.6 Å². The van der Waals surface area contributed by atoms with Gasteiger partial charge in [-0.05, 0) is 24.5 Å². The highest BCUT2D eigenvalue weighted by atomic mass is 19.4. The smallest absolute Gasteiger partial charge is 0.415 e. The highest BCUT2D eigenvalue weighted by Gasteiger charge is 2.63. The van der Waals surface area contributed by atoms with Gasteiger partial charge in [0.1, 0.15) is 11.6 Å². The van der Waals surface area contributed by atoms with Crippen LogP contribution in [0.3, 0.4) is 0 Å². The number of hydrogen-bond donors (Lipinski definition) is 1. The summed E-state index contributed by atoms with van der Waals surface area (Å²) in [6, 6.07) is 1.14. The monoisotopic (exact) mass is 319 g/mol. The van der Waals surface area contributed by atoms with Crippen molar-refractivity contribution in [3.8, 4) is 11.8 Å². The van der Waals surface area contributed by atoms with Crippen molar-refractivity contribution in [1.29, 1.82) is 0 Å². The van der Waals surface area contributed by atoms with Crippen molar-refractivity contribution in [2.75, 3.05) is 5.32 Å². The number of halogens is 5. The van der Waals surface area contributed by atoms with Crippen LogP contribution in [0.1, 0.15) is 25.3 Å². The number of carbonyl (C=O) groups is 1. The molecule has 1 aromatic rings. The third-order valence-electron chi connectivity index (χ3n) is 2.97. The molecule has 22 heavy (non-hydrogen) atoms. The Morgan fingerprint density at radius 1 is 1.27 bits per heavy atom. The van der Waals surface area contributed by atoms with E-state index in [-0.39, 0.29) is 6.42 Å². The number of fused-ring (bicyclic) bond motifs is 1. The minimum Gasteiger partial charge on any atom is -0.415 e. The lowest BCUT2D eigenvalue weighted by Gasteiger charge is -2.35. The van der Waals surface area contributed by atoms with Gasteiger partial charge in [-0.2, -0.15) is 13.2 Å². The third-order valence-corrected chi connectivity index (χ3v) is 2.97. The van der Waals surface area contributed by atoms with Gasteiger partial charge in [0.05, 0.1) is 11.3 Å². The molecule has 1 unspecified atom stereocenters. The molecule has 0 aliphatic carbocycles. The molecule has 0 spiro atoms. The lowest BCUT2D eigenvalue weighted by atomic mass is 9.89. The number of alkyl halides is 3. The number of unbranched alkanes of at least 4 members (excludes halogenated alkanes) is 1. The minimum atomic E-state index is -5.24. The van der Waals surface area contributed by atoms with Crippen LogP contribution in [0.4, 0.5) is 32.4 Å². The van der Waals surface area contributed by atoms with Crippen molar-refractivity contribution >= 4 is 11.8 Å². The Labute approximate surface area is 122 Å². The van der Waals surface area contributed by atoms with E-state index in [4.69, 9.17) is 0 Å². The molecule has 8 heteroatoms. The number of anilines is 1. The van der Waals surface area contributed by atoms with E-state index in [9.17, 15) is 26.7 Å². The second kappa shape index (κ2) is 5.48. The Morgan fingerprint density at radius 3 is 2.50 bits per heavy atom. The number of cyclic esters (lactones) is 1. The summed E-state index contributed by atoms with van der Waals surface area (Å²) < 4.78 is 72.4. The maximum Gasteiger partial charge on any atom is 0.445 e. The van der Waals surface area contributed by atoms with E-state index in [1.807, 2.05) is 0 Å². The van der Waals surface area contributed by atoms with Crippen LogP contribution in [0.25, 0.3) is 0 Å². The topological polar surface area (TPSA) is 38.3 Å². The Hall–Kier alpha value is -2.30. The fourth-order valence-corrected chi connectivity index (χ4v) is 2.01. The molecule has 0 radical (unpaired) electrons. The van der Waals surface area contributed by atoms with Crippen LogP contribution in [0.5, 0.6) is 0 Å². The SMILES string of the molecule is CCCC#CC1(C(F)(F)F)OC(=O)Nc2c(F)ccc(F)c21. The normalized spacial score (nSPS) is 20.4. The molecule has 1 amide bonds. The van der Waals surface area contributed by atoms with Gasteiger partial charge in [-0.25, -0.2) is 13.6 Å². The van der Waals surface area contributed by atoms with Gasteiger partial charge in [-0.15, -0.1) is 0 Å². The van der Waals surface area contributed by atoms with Crippen molar-refractivity contribution < 1.29 is 31.5 Å². The van der Waals surface area contributed by atoms with Crippen molar-refractivity contribution in [3.05, 3.63) is 29.3 Å². The summed E-state index contributed by atoms with van der Waals surface area (Å²) in [5.74, 6) is 1.38. The maximum absolute atomic E-state index is 13.9. The van der Waals surface area contributed by atoms with Gasteiger partial charge in [0.2, 0.25) is 0 Å². The van der Waals surface area contributed by atoms with Crippen LogP contribution >= 0.6 is 0 Å². The molecular weight excluding hydrogens is 309 g/mol. The van der Waals surface area contributed by atoms with Gasteiger partial charge >= 0.3 is 12.3 Å². The van der Waals surface area contributed by atoms with Gasteiger partial charge in [0.15, 0.2) is 0 Å². The van der Waals surface area contributed by atoms with E-state index in [0.717, 1.165) is 0 Å². The summed E-state index contributed by atoms with van der Waals surface area (Å²) >= 11 is 0. The number of carbonyl (C=O) groups excluding carboxylic acids is 1. The zero-order valence-corrected chi connectivity index (χ0v) is 11.3. The van der Waals surface area contributed by atoms with E-state index >= 15 is 0 Å². The van der Waals surface area contributed by atoms with Crippen molar-refractivity contribution in [3.63, 3.8) is 0 Å². The Balaban J connectivity index is 2.79. The van der Waals surface area contributed by atoms with E-state index in [1.54, 1.807) is 18.2 Å². The predicted molar refractivity (Wildman–Crippen MR) is 66.9 cm³/mol. The van der Waals surface area contributed by atoms with Crippen LogP contribution in [0.15, 0.2) is 12.1 Å². The summed E-state index contributed by atoms with van der Waals surface area (Å²) in [6.07, 6.45) is -6.27. The van der Waals surface area contributed by atoms with Crippen molar-refractivity contribution in [2.24, 2.45) is 0 Å². The number of hydrogen-bond acceptors (Lipinski definition) is 2. The number of ether oxygens (including phenoxy) is 1. The fourth-order valence-electron chi connectivity index (χ4n) is 2.01. The highest BCUT2D eigenvalue weighted by Crippen LogP contribution is 2.48. The summed E-state index contributed by atoms with van der Waals surface area (Å²) in [7, 11) is 0.